The second kappa shape index (κ2) is 12.6. The SMILES string of the molecule is CC/C(=C\C(=C/N)N1CCCC1)c1ccc2c(c1)C(C(=O)Nc1ccc(NCCN(C)C)nc1)=CCC2. The summed E-state index contributed by atoms with van der Waals surface area (Å²) in [7, 11) is 4.08. The average molecular weight is 501 g/mol. The Bertz CT molecular complexity index is 1170. The Labute approximate surface area is 221 Å². The molecule has 1 saturated heterocycles. The largest absolute Gasteiger partial charge is 0.403 e. The fraction of sp³-hybridized carbons (Fsp3) is 0.400. The van der Waals surface area contributed by atoms with Gasteiger partial charge in [-0.3, -0.25) is 4.79 Å². The Morgan fingerprint density at radius 1 is 1.19 bits per heavy atom. The zero-order valence-electron chi connectivity index (χ0n) is 22.4. The third-order valence-corrected chi connectivity index (χ3v) is 7.01. The van der Waals surface area contributed by atoms with Crippen molar-refractivity contribution in [2.75, 3.05) is 50.9 Å². The molecular formula is C30H40N6O. The van der Waals surface area contributed by atoms with Crippen LogP contribution in [0.25, 0.3) is 11.1 Å². The number of carbonyl (C=O) groups excluding carboxylic acids is 1. The summed E-state index contributed by atoms with van der Waals surface area (Å²) in [6.45, 7) is 6.00. The summed E-state index contributed by atoms with van der Waals surface area (Å²) in [6, 6.07) is 10.3. The Balaban J connectivity index is 1.50. The number of aryl methyl sites for hydroxylation is 1. The Morgan fingerprint density at radius 2 is 2.00 bits per heavy atom. The number of aromatic nitrogens is 1. The topological polar surface area (TPSA) is 86.5 Å². The maximum atomic E-state index is 13.3. The average Bonchev–Trinajstić information content (AvgIpc) is 3.44. The molecule has 4 rings (SSSR count). The first kappa shape index (κ1) is 26.5. The van der Waals surface area contributed by atoms with Gasteiger partial charge in [-0.2, -0.15) is 0 Å². The standard InChI is InChI=1S/C30H40N6O/c1-4-22(18-26(20-31)36-15-5-6-16-36)24-11-10-23-8-7-9-27(28(23)19-24)30(37)34-25-12-13-29(33-21-25)32-14-17-35(2)3/h9-13,18-21H,4-8,14-17,31H2,1-3H3,(H,32,33)(H,34,37)/b22-18+,26-20+. The molecule has 0 spiro atoms. The predicted octanol–water partition coefficient (Wildman–Crippen LogP) is 4.71. The maximum absolute atomic E-state index is 13.3. The van der Waals surface area contributed by atoms with Crippen LogP contribution in [0.5, 0.6) is 0 Å². The molecule has 1 fully saturated rings. The van der Waals surface area contributed by atoms with Gasteiger partial charge in [-0.05, 0) is 92.7 Å². The lowest BCUT2D eigenvalue weighted by atomic mass is 9.87. The van der Waals surface area contributed by atoms with Gasteiger partial charge >= 0.3 is 0 Å². The Morgan fingerprint density at radius 3 is 2.68 bits per heavy atom. The highest BCUT2D eigenvalue weighted by Gasteiger charge is 2.21. The molecule has 1 aliphatic heterocycles. The smallest absolute Gasteiger partial charge is 0.255 e. The van der Waals surface area contributed by atoms with Crippen molar-refractivity contribution in [3.8, 4) is 0 Å². The number of benzene rings is 1. The van der Waals surface area contributed by atoms with Crippen LogP contribution in [0.2, 0.25) is 0 Å². The van der Waals surface area contributed by atoms with Gasteiger partial charge in [-0.1, -0.05) is 25.1 Å². The van der Waals surface area contributed by atoms with E-state index in [9.17, 15) is 4.79 Å². The van der Waals surface area contributed by atoms with Crippen molar-refractivity contribution < 1.29 is 4.79 Å². The summed E-state index contributed by atoms with van der Waals surface area (Å²) in [4.78, 5) is 22.2. The van der Waals surface area contributed by atoms with Gasteiger partial charge in [0, 0.05) is 38.0 Å². The summed E-state index contributed by atoms with van der Waals surface area (Å²) in [5.41, 5.74) is 13.1. The lowest BCUT2D eigenvalue weighted by molar-refractivity contribution is -0.111. The molecule has 0 atom stereocenters. The molecule has 4 N–H and O–H groups in total. The van der Waals surface area contributed by atoms with E-state index in [0.717, 1.165) is 73.7 Å². The minimum atomic E-state index is -0.102. The maximum Gasteiger partial charge on any atom is 0.255 e. The van der Waals surface area contributed by atoms with Gasteiger partial charge in [0.1, 0.15) is 5.82 Å². The van der Waals surface area contributed by atoms with E-state index in [2.05, 4.69) is 62.7 Å². The van der Waals surface area contributed by atoms with Crippen molar-refractivity contribution in [2.24, 2.45) is 5.73 Å². The third kappa shape index (κ3) is 6.80. The zero-order chi connectivity index (χ0) is 26.2. The number of amides is 1. The van der Waals surface area contributed by atoms with Crippen LogP contribution in [0.3, 0.4) is 0 Å². The summed E-state index contributed by atoms with van der Waals surface area (Å²) in [5.74, 6) is 0.695. The third-order valence-electron chi connectivity index (χ3n) is 7.01. The first-order valence-electron chi connectivity index (χ1n) is 13.4. The molecule has 2 heterocycles. The number of allylic oxidation sites excluding steroid dienone is 3. The van der Waals surface area contributed by atoms with Crippen LogP contribution in [-0.4, -0.2) is 61.0 Å². The number of nitrogens with two attached hydrogens (primary N) is 1. The van der Waals surface area contributed by atoms with E-state index in [1.807, 2.05) is 26.2 Å². The molecule has 37 heavy (non-hydrogen) atoms. The highest BCUT2D eigenvalue weighted by molar-refractivity contribution is 6.25. The van der Waals surface area contributed by atoms with Crippen LogP contribution in [0, 0.1) is 0 Å². The van der Waals surface area contributed by atoms with Crippen molar-refractivity contribution >= 4 is 28.6 Å². The molecule has 0 bridgehead atoms. The molecule has 2 aromatic rings. The van der Waals surface area contributed by atoms with Gasteiger partial charge in [0.05, 0.1) is 17.6 Å². The van der Waals surface area contributed by atoms with E-state index in [-0.39, 0.29) is 5.91 Å². The van der Waals surface area contributed by atoms with Crippen LogP contribution in [0.15, 0.2) is 60.6 Å². The highest BCUT2D eigenvalue weighted by Crippen LogP contribution is 2.32. The first-order valence-corrected chi connectivity index (χ1v) is 13.4. The van der Waals surface area contributed by atoms with E-state index in [1.165, 1.54) is 24.0 Å². The van der Waals surface area contributed by atoms with E-state index < -0.39 is 0 Å². The van der Waals surface area contributed by atoms with Crippen LogP contribution in [0.4, 0.5) is 11.5 Å². The summed E-state index contributed by atoms with van der Waals surface area (Å²) in [5, 5.41) is 6.34. The van der Waals surface area contributed by atoms with E-state index in [4.69, 9.17) is 5.73 Å². The number of carbonyl (C=O) groups is 1. The van der Waals surface area contributed by atoms with Gasteiger partial charge in [-0.15, -0.1) is 0 Å². The fourth-order valence-electron chi connectivity index (χ4n) is 4.91. The van der Waals surface area contributed by atoms with Gasteiger partial charge in [0.2, 0.25) is 0 Å². The second-order valence-corrected chi connectivity index (χ2v) is 9.95. The van der Waals surface area contributed by atoms with Crippen LogP contribution < -0.4 is 16.4 Å². The van der Waals surface area contributed by atoms with E-state index in [1.54, 1.807) is 12.4 Å². The number of hydrogen-bond donors (Lipinski definition) is 3. The monoisotopic (exact) mass is 500 g/mol. The van der Waals surface area contributed by atoms with Crippen molar-refractivity contribution in [2.45, 2.75) is 39.0 Å². The molecule has 1 aromatic heterocycles. The van der Waals surface area contributed by atoms with Crippen molar-refractivity contribution in [1.82, 2.24) is 14.8 Å². The van der Waals surface area contributed by atoms with Crippen molar-refractivity contribution in [3.63, 3.8) is 0 Å². The molecule has 0 saturated carbocycles. The summed E-state index contributed by atoms with van der Waals surface area (Å²) in [6.07, 6.45) is 12.8. The summed E-state index contributed by atoms with van der Waals surface area (Å²) < 4.78 is 0. The second-order valence-electron chi connectivity index (χ2n) is 9.95. The lowest BCUT2D eigenvalue weighted by Gasteiger charge is -2.21. The number of rotatable bonds is 10. The highest BCUT2D eigenvalue weighted by atomic mass is 16.1. The lowest BCUT2D eigenvalue weighted by Crippen LogP contribution is -2.21. The molecule has 1 aliphatic carbocycles. The predicted molar refractivity (Wildman–Crippen MR) is 154 cm³/mol. The van der Waals surface area contributed by atoms with Gasteiger partial charge in [0.25, 0.3) is 5.91 Å². The molecule has 196 valence electrons. The number of nitrogens with one attached hydrogen (secondary N) is 2. The van der Waals surface area contributed by atoms with E-state index >= 15 is 0 Å². The van der Waals surface area contributed by atoms with Gasteiger partial charge < -0.3 is 26.2 Å². The minimum Gasteiger partial charge on any atom is -0.403 e. The molecule has 7 nitrogen and oxygen atoms in total. The minimum absolute atomic E-state index is 0.102. The number of anilines is 2. The molecular weight excluding hydrogens is 460 g/mol. The molecule has 1 amide bonds. The van der Waals surface area contributed by atoms with Gasteiger partial charge in [-0.25, -0.2) is 4.98 Å². The van der Waals surface area contributed by atoms with E-state index in [0.29, 0.717) is 5.69 Å². The number of likely N-dealkylation sites (tertiary alicyclic amines) is 1. The fourth-order valence-corrected chi connectivity index (χ4v) is 4.91. The number of hydrogen-bond acceptors (Lipinski definition) is 6. The summed E-state index contributed by atoms with van der Waals surface area (Å²) >= 11 is 0. The van der Waals surface area contributed by atoms with Crippen molar-refractivity contribution in [3.05, 3.63) is 77.3 Å². The van der Waals surface area contributed by atoms with Crippen LogP contribution >= 0.6 is 0 Å². The number of pyridine rings is 1. The Hall–Kier alpha value is -3.58. The van der Waals surface area contributed by atoms with Gasteiger partial charge in [0.15, 0.2) is 0 Å². The molecule has 1 aromatic carbocycles. The van der Waals surface area contributed by atoms with Crippen molar-refractivity contribution in [1.29, 1.82) is 0 Å². The molecule has 2 aliphatic rings. The molecule has 0 unspecified atom stereocenters. The normalized spacial score (nSPS) is 16.0. The Kier molecular flexibility index (Phi) is 9.01. The number of fused-ring (bicyclic) bond motifs is 1. The number of nitrogens with zero attached hydrogens (tertiary/aromatic N) is 3. The molecule has 0 radical (unpaired) electrons. The van der Waals surface area contributed by atoms with Crippen LogP contribution in [0.1, 0.15) is 49.3 Å². The molecule has 7 heteroatoms. The zero-order valence-corrected chi connectivity index (χ0v) is 22.4. The number of likely N-dealkylation sites (N-methyl/N-ethyl adjacent to an activating group) is 1. The van der Waals surface area contributed by atoms with Crippen LogP contribution in [-0.2, 0) is 11.2 Å². The quantitative estimate of drug-likeness (QED) is 0.410. The first-order chi connectivity index (χ1) is 18.0.